The molecule has 1 aliphatic rings. The van der Waals surface area contributed by atoms with E-state index in [9.17, 15) is 0 Å². The van der Waals surface area contributed by atoms with Gasteiger partial charge in [0.15, 0.2) is 0 Å². The van der Waals surface area contributed by atoms with Crippen molar-refractivity contribution in [3.8, 4) is 5.75 Å². The van der Waals surface area contributed by atoms with Gasteiger partial charge in [0.05, 0.1) is 18.1 Å². The monoisotopic (exact) mass is 292 g/mol. The van der Waals surface area contributed by atoms with Crippen molar-refractivity contribution in [3.05, 3.63) is 18.2 Å². The Morgan fingerprint density at radius 3 is 2.85 bits per heavy atom. The Hall–Kier alpha value is -1.40. The van der Waals surface area contributed by atoms with Gasteiger partial charge >= 0.3 is 0 Å². The first-order valence-corrected chi connectivity index (χ1v) is 8.03. The van der Waals surface area contributed by atoms with Crippen LogP contribution in [0.25, 0.3) is 11.0 Å². The zero-order valence-corrected chi connectivity index (χ0v) is 12.5. The largest absolute Gasteiger partial charge is 0.497 e. The molecule has 2 N–H and O–H groups in total. The number of fused-ring (bicyclic) bond motifs is 1. The third kappa shape index (κ3) is 2.71. The molecule has 1 fully saturated rings. The second-order valence-electron chi connectivity index (χ2n) is 4.93. The number of aromatic nitrogens is 2. The van der Waals surface area contributed by atoms with Gasteiger partial charge < -0.3 is 15.0 Å². The highest BCUT2D eigenvalue weighted by molar-refractivity contribution is 7.99. The van der Waals surface area contributed by atoms with Crippen molar-refractivity contribution < 1.29 is 4.74 Å². The molecule has 0 aliphatic carbocycles. The molecule has 0 amide bonds. The van der Waals surface area contributed by atoms with Gasteiger partial charge in [0, 0.05) is 43.8 Å². The van der Waals surface area contributed by atoms with Crippen LogP contribution in [0.5, 0.6) is 5.75 Å². The first-order valence-electron chi connectivity index (χ1n) is 6.88. The lowest BCUT2D eigenvalue weighted by atomic mass is 10.3. The number of hydrogen-bond acceptors (Lipinski definition) is 5. The first kappa shape index (κ1) is 13.6. The molecule has 0 saturated carbocycles. The highest BCUT2D eigenvalue weighted by atomic mass is 32.2. The molecule has 1 aromatic heterocycles. The minimum absolute atomic E-state index is 0.583. The molecule has 20 heavy (non-hydrogen) atoms. The van der Waals surface area contributed by atoms with E-state index in [0.717, 1.165) is 29.9 Å². The van der Waals surface area contributed by atoms with Gasteiger partial charge in [-0.1, -0.05) is 0 Å². The lowest BCUT2D eigenvalue weighted by molar-refractivity contribution is 0.291. The van der Waals surface area contributed by atoms with Gasteiger partial charge in [-0.25, -0.2) is 4.98 Å². The molecule has 1 aliphatic heterocycles. The van der Waals surface area contributed by atoms with Crippen LogP contribution in [0, 0.1) is 0 Å². The molecule has 0 unspecified atom stereocenters. The average Bonchev–Trinajstić information content (AvgIpc) is 2.80. The van der Waals surface area contributed by atoms with E-state index in [-0.39, 0.29) is 0 Å². The van der Waals surface area contributed by atoms with E-state index in [1.54, 1.807) is 7.11 Å². The van der Waals surface area contributed by atoms with E-state index < -0.39 is 0 Å². The van der Waals surface area contributed by atoms with Crippen molar-refractivity contribution in [1.82, 2.24) is 14.5 Å². The van der Waals surface area contributed by atoms with Crippen LogP contribution in [0.3, 0.4) is 0 Å². The number of benzene rings is 1. The topological polar surface area (TPSA) is 56.3 Å². The van der Waals surface area contributed by atoms with Crippen molar-refractivity contribution in [3.63, 3.8) is 0 Å². The van der Waals surface area contributed by atoms with E-state index in [2.05, 4.69) is 14.5 Å². The van der Waals surface area contributed by atoms with Gasteiger partial charge in [0.2, 0.25) is 5.95 Å². The van der Waals surface area contributed by atoms with Crippen LogP contribution in [0.2, 0.25) is 0 Å². The summed E-state index contributed by atoms with van der Waals surface area (Å²) < 4.78 is 7.32. The van der Waals surface area contributed by atoms with Gasteiger partial charge in [-0.2, -0.15) is 11.8 Å². The van der Waals surface area contributed by atoms with Crippen LogP contribution in [-0.4, -0.2) is 52.7 Å². The molecule has 6 heteroatoms. The van der Waals surface area contributed by atoms with Crippen LogP contribution in [0.15, 0.2) is 18.2 Å². The van der Waals surface area contributed by atoms with E-state index in [1.807, 2.05) is 30.0 Å². The summed E-state index contributed by atoms with van der Waals surface area (Å²) in [7, 11) is 1.66. The summed E-state index contributed by atoms with van der Waals surface area (Å²) in [5.41, 5.74) is 8.03. The molecule has 3 rings (SSSR count). The second kappa shape index (κ2) is 5.93. The Balaban J connectivity index is 1.78. The van der Waals surface area contributed by atoms with Crippen molar-refractivity contribution >= 4 is 28.7 Å². The number of thioether (sulfide) groups is 1. The highest BCUT2D eigenvalue weighted by Gasteiger charge is 2.13. The SMILES string of the molecule is COc1ccc2c(c1)nc(N)n2CCN1CCSCC1. The minimum atomic E-state index is 0.583. The summed E-state index contributed by atoms with van der Waals surface area (Å²) in [4.78, 5) is 6.91. The molecule has 1 saturated heterocycles. The third-order valence-electron chi connectivity index (χ3n) is 3.73. The molecule has 5 nitrogen and oxygen atoms in total. The molecule has 1 aromatic carbocycles. The van der Waals surface area contributed by atoms with Gasteiger partial charge in [-0.15, -0.1) is 0 Å². The first-order chi connectivity index (χ1) is 9.78. The third-order valence-corrected chi connectivity index (χ3v) is 4.67. The maximum atomic E-state index is 6.05. The van der Waals surface area contributed by atoms with Crippen LogP contribution in [0.4, 0.5) is 5.95 Å². The number of nitrogens with two attached hydrogens (primary N) is 1. The summed E-state index contributed by atoms with van der Waals surface area (Å²) in [5.74, 6) is 3.86. The summed E-state index contributed by atoms with van der Waals surface area (Å²) in [5, 5.41) is 0. The minimum Gasteiger partial charge on any atom is -0.497 e. The number of hydrogen-bond donors (Lipinski definition) is 1. The Labute approximate surface area is 123 Å². The molecule has 0 atom stereocenters. The van der Waals surface area contributed by atoms with E-state index in [4.69, 9.17) is 10.5 Å². The quantitative estimate of drug-likeness (QED) is 0.929. The van der Waals surface area contributed by atoms with Crippen LogP contribution in [0.1, 0.15) is 0 Å². The zero-order valence-electron chi connectivity index (χ0n) is 11.7. The molecule has 0 radical (unpaired) electrons. The van der Waals surface area contributed by atoms with Gasteiger partial charge in [-0.3, -0.25) is 4.90 Å². The van der Waals surface area contributed by atoms with E-state index in [1.165, 1.54) is 24.6 Å². The maximum Gasteiger partial charge on any atom is 0.201 e. The number of imidazole rings is 1. The Morgan fingerprint density at radius 1 is 1.30 bits per heavy atom. The van der Waals surface area contributed by atoms with Crippen molar-refractivity contribution in [2.45, 2.75) is 6.54 Å². The second-order valence-corrected chi connectivity index (χ2v) is 6.16. The van der Waals surface area contributed by atoms with Gasteiger partial charge in [-0.05, 0) is 12.1 Å². The zero-order chi connectivity index (χ0) is 13.9. The number of nitrogen functional groups attached to an aromatic ring is 1. The average molecular weight is 292 g/mol. The molecule has 0 spiro atoms. The number of rotatable bonds is 4. The number of methoxy groups -OCH3 is 1. The number of nitrogens with zero attached hydrogens (tertiary/aromatic N) is 3. The Morgan fingerprint density at radius 2 is 2.10 bits per heavy atom. The Bertz CT molecular complexity index is 592. The lowest BCUT2D eigenvalue weighted by Gasteiger charge is -2.26. The summed E-state index contributed by atoms with van der Waals surface area (Å²) in [6.07, 6.45) is 0. The fraction of sp³-hybridized carbons (Fsp3) is 0.500. The predicted molar refractivity (Wildman–Crippen MR) is 84.5 cm³/mol. The smallest absolute Gasteiger partial charge is 0.201 e. The molecular weight excluding hydrogens is 272 g/mol. The molecule has 0 bridgehead atoms. The van der Waals surface area contributed by atoms with Crippen molar-refractivity contribution in [2.24, 2.45) is 0 Å². The number of anilines is 1. The molecule has 108 valence electrons. The summed E-state index contributed by atoms with van der Waals surface area (Å²) in [6.45, 7) is 4.26. The fourth-order valence-electron chi connectivity index (χ4n) is 2.56. The van der Waals surface area contributed by atoms with E-state index >= 15 is 0 Å². The molecule has 2 aromatic rings. The summed E-state index contributed by atoms with van der Waals surface area (Å²) in [6, 6.07) is 5.92. The predicted octanol–water partition coefficient (Wildman–Crippen LogP) is 1.68. The highest BCUT2D eigenvalue weighted by Crippen LogP contribution is 2.23. The van der Waals surface area contributed by atoms with Crippen LogP contribution in [-0.2, 0) is 6.54 Å². The fourth-order valence-corrected chi connectivity index (χ4v) is 3.54. The van der Waals surface area contributed by atoms with E-state index in [0.29, 0.717) is 5.95 Å². The Kier molecular flexibility index (Phi) is 4.03. The lowest BCUT2D eigenvalue weighted by Crippen LogP contribution is -2.35. The molecular formula is C14H20N4OS. The van der Waals surface area contributed by atoms with Crippen LogP contribution < -0.4 is 10.5 Å². The number of ether oxygens (including phenoxy) is 1. The van der Waals surface area contributed by atoms with Crippen molar-refractivity contribution in [1.29, 1.82) is 0 Å². The standard InChI is InChI=1S/C14H20N4OS/c1-19-11-2-3-13-12(10-11)16-14(15)18(13)5-4-17-6-8-20-9-7-17/h2-3,10H,4-9H2,1H3,(H2,15,16). The summed E-state index contributed by atoms with van der Waals surface area (Å²) >= 11 is 2.03. The normalized spacial score (nSPS) is 16.6. The van der Waals surface area contributed by atoms with Gasteiger partial charge in [0.1, 0.15) is 5.75 Å². The van der Waals surface area contributed by atoms with Gasteiger partial charge in [0.25, 0.3) is 0 Å². The molecule has 2 heterocycles. The van der Waals surface area contributed by atoms with Crippen LogP contribution >= 0.6 is 11.8 Å². The van der Waals surface area contributed by atoms with Crippen molar-refractivity contribution in [2.75, 3.05) is 44.0 Å². The maximum absolute atomic E-state index is 6.05.